The summed E-state index contributed by atoms with van der Waals surface area (Å²) in [6, 6.07) is 6.75. The van der Waals surface area contributed by atoms with Crippen molar-refractivity contribution < 1.29 is 8.81 Å². The summed E-state index contributed by atoms with van der Waals surface area (Å²) < 4.78 is 20.6. The highest BCUT2D eigenvalue weighted by Gasteiger charge is 2.35. The van der Waals surface area contributed by atoms with Crippen molar-refractivity contribution >= 4 is 17.1 Å². The molecule has 3 N–H and O–H groups in total. The molecule has 0 amide bonds. The molecule has 7 heteroatoms. The SMILES string of the molecule is CCC1NCc2c1ccc(F)c2Nc1c(N[C@@H](c2ccc(C)o2)C(C)(C)CC)c(=O)c1=O. The summed E-state index contributed by atoms with van der Waals surface area (Å²) in [4.78, 5) is 25.0. The van der Waals surface area contributed by atoms with Crippen LogP contribution in [-0.2, 0) is 6.54 Å². The summed E-state index contributed by atoms with van der Waals surface area (Å²) in [6.07, 6.45) is 1.69. The number of furan rings is 1. The van der Waals surface area contributed by atoms with Crippen LogP contribution in [0.5, 0.6) is 0 Å². The zero-order valence-electron chi connectivity index (χ0n) is 19.2. The third kappa shape index (κ3) is 3.64. The van der Waals surface area contributed by atoms with Crippen molar-refractivity contribution in [2.24, 2.45) is 5.41 Å². The molecule has 0 spiro atoms. The standard InChI is InChI=1S/C25H30FN3O3/c1-6-17-14-9-10-16(26)19(15(14)12-27-17)28-20-21(23(31)22(20)30)29-24(25(4,5)7-2)18-11-8-13(3)32-18/h8-11,17,24,27-29H,6-7,12H2,1-5H3/t17?,24-/m0/s1. The molecule has 2 heterocycles. The van der Waals surface area contributed by atoms with Gasteiger partial charge in [0.1, 0.15) is 28.7 Å². The van der Waals surface area contributed by atoms with Gasteiger partial charge in [-0.25, -0.2) is 4.39 Å². The van der Waals surface area contributed by atoms with Crippen molar-refractivity contribution in [2.45, 2.75) is 66.1 Å². The van der Waals surface area contributed by atoms with Gasteiger partial charge in [0.15, 0.2) is 0 Å². The van der Waals surface area contributed by atoms with Crippen molar-refractivity contribution in [3.8, 4) is 0 Å². The number of nitrogens with one attached hydrogen (secondary N) is 3. The van der Waals surface area contributed by atoms with Crippen LogP contribution in [0.4, 0.5) is 21.5 Å². The predicted molar refractivity (Wildman–Crippen MR) is 125 cm³/mol. The fourth-order valence-electron chi connectivity index (χ4n) is 4.37. The van der Waals surface area contributed by atoms with Gasteiger partial charge in [-0.2, -0.15) is 0 Å². The Hall–Kier alpha value is -2.93. The Labute approximate surface area is 186 Å². The van der Waals surface area contributed by atoms with Crippen LogP contribution < -0.4 is 26.8 Å². The molecule has 0 saturated carbocycles. The molecule has 2 atom stereocenters. The van der Waals surface area contributed by atoms with E-state index >= 15 is 0 Å². The monoisotopic (exact) mass is 439 g/mol. The first-order chi connectivity index (χ1) is 15.2. The van der Waals surface area contributed by atoms with Crippen molar-refractivity contribution in [1.82, 2.24) is 5.32 Å². The maximum absolute atomic E-state index is 14.8. The Morgan fingerprint density at radius 2 is 1.84 bits per heavy atom. The second-order valence-corrected chi connectivity index (χ2v) is 9.23. The van der Waals surface area contributed by atoms with Crippen molar-refractivity contribution in [2.75, 3.05) is 10.6 Å². The molecule has 0 saturated heterocycles. The van der Waals surface area contributed by atoms with Gasteiger partial charge in [0.05, 0.1) is 11.7 Å². The van der Waals surface area contributed by atoms with Crippen LogP contribution in [0.25, 0.3) is 0 Å². The van der Waals surface area contributed by atoms with Gasteiger partial charge in [-0.05, 0) is 54.5 Å². The summed E-state index contributed by atoms with van der Waals surface area (Å²) >= 11 is 0. The summed E-state index contributed by atoms with van der Waals surface area (Å²) in [7, 11) is 0. The van der Waals surface area contributed by atoms with E-state index in [9.17, 15) is 14.0 Å². The zero-order valence-corrected chi connectivity index (χ0v) is 19.2. The van der Waals surface area contributed by atoms with Crippen LogP contribution in [0.1, 0.15) is 75.3 Å². The normalized spacial score (nSPS) is 16.9. The van der Waals surface area contributed by atoms with E-state index in [0.717, 1.165) is 29.7 Å². The molecule has 1 aliphatic heterocycles. The minimum atomic E-state index is -0.647. The molecule has 1 unspecified atom stereocenters. The van der Waals surface area contributed by atoms with Gasteiger partial charge >= 0.3 is 0 Å². The second kappa shape index (κ2) is 8.20. The summed E-state index contributed by atoms with van der Waals surface area (Å²) in [5.41, 5.74) is 0.813. The highest BCUT2D eigenvalue weighted by Crippen LogP contribution is 2.41. The van der Waals surface area contributed by atoms with Gasteiger partial charge in [-0.1, -0.05) is 33.8 Å². The van der Waals surface area contributed by atoms with E-state index in [-0.39, 0.29) is 34.6 Å². The third-order valence-corrected chi connectivity index (χ3v) is 6.79. The minimum Gasteiger partial charge on any atom is -0.464 e. The fourth-order valence-corrected chi connectivity index (χ4v) is 4.37. The second-order valence-electron chi connectivity index (χ2n) is 9.23. The van der Waals surface area contributed by atoms with E-state index in [1.807, 2.05) is 19.1 Å². The Bertz CT molecular complexity index is 1220. The van der Waals surface area contributed by atoms with Crippen LogP contribution in [0.3, 0.4) is 0 Å². The topological polar surface area (TPSA) is 83.4 Å². The Balaban J connectivity index is 1.71. The molecule has 3 aromatic rings. The number of rotatable bonds is 8. The molecule has 4 rings (SSSR count). The highest BCUT2D eigenvalue weighted by atomic mass is 19.1. The van der Waals surface area contributed by atoms with E-state index in [1.165, 1.54) is 6.07 Å². The van der Waals surface area contributed by atoms with Gasteiger partial charge in [0, 0.05) is 12.6 Å². The Kier molecular flexibility index (Phi) is 5.71. The largest absolute Gasteiger partial charge is 0.464 e. The van der Waals surface area contributed by atoms with Crippen LogP contribution in [0.2, 0.25) is 0 Å². The molecule has 2 aromatic carbocycles. The first-order valence-electron chi connectivity index (χ1n) is 11.2. The molecule has 32 heavy (non-hydrogen) atoms. The van der Waals surface area contributed by atoms with Gasteiger partial charge in [0.2, 0.25) is 0 Å². The maximum Gasteiger partial charge on any atom is 0.253 e. The van der Waals surface area contributed by atoms with Gasteiger partial charge in [-0.3, -0.25) is 9.59 Å². The number of benzene rings is 1. The number of aryl methyl sites for hydroxylation is 1. The fraction of sp³-hybridized carbons (Fsp3) is 0.440. The number of fused-ring (bicyclic) bond motifs is 1. The predicted octanol–water partition coefficient (Wildman–Crippen LogP) is 5.21. The van der Waals surface area contributed by atoms with Crippen LogP contribution >= 0.6 is 0 Å². The van der Waals surface area contributed by atoms with Crippen LogP contribution in [0, 0.1) is 18.2 Å². The number of hydrogen-bond acceptors (Lipinski definition) is 6. The highest BCUT2D eigenvalue weighted by molar-refractivity contribution is 5.80. The lowest BCUT2D eigenvalue weighted by Crippen LogP contribution is -2.40. The molecule has 170 valence electrons. The molecule has 0 bridgehead atoms. The van der Waals surface area contributed by atoms with Gasteiger partial charge in [0.25, 0.3) is 10.9 Å². The molecule has 0 aliphatic carbocycles. The lowest BCUT2D eigenvalue weighted by Gasteiger charge is -2.34. The lowest BCUT2D eigenvalue weighted by atomic mass is 9.80. The average molecular weight is 440 g/mol. The van der Waals surface area contributed by atoms with E-state index in [0.29, 0.717) is 12.3 Å². The first kappa shape index (κ1) is 22.3. The minimum absolute atomic E-state index is 0.0995. The molecular weight excluding hydrogens is 409 g/mol. The average Bonchev–Trinajstić information content (AvgIpc) is 3.39. The molecular formula is C25H30FN3O3. The van der Waals surface area contributed by atoms with Gasteiger partial charge in [-0.15, -0.1) is 0 Å². The van der Waals surface area contributed by atoms with E-state index in [4.69, 9.17) is 4.42 Å². The maximum atomic E-state index is 14.8. The molecule has 0 fully saturated rings. The van der Waals surface area contributed by atoms with Gasteiger partial charge < -0.3 is 20.4 Å². The number of anilines is 3. The summed E-state index contributed by atoms with van der Waals surface area (Å²) in [6.45, 7) is 10.6. The quantitative estimate of drug-likeness (QED) is 0.418. The van der Waals surface area contributed by atoms with Crippen molar-refractivity contribution in [3.63, 3.8) is 0 Å². The number of halogens is 1. The lowest BCUT2D eigenvalue weighted by molar-refractivity contribution is 0.262. The molecule has 1 aliphatic rings. The van der Waals surface area contributed by atoms with Crippen LogP contribution in [0.15, 0.2) is 38.3 Å². The summed E-state index contributed by atoms with van der Waals surface area (Å²) in [5.74, 6) is 1.01. The van der Waals surface area contributed by atoms with E-state index < -0.39 is 16.7 Å². The molecule has 6 nitrogen and oxygen atoms in total. The van der Waals surface area contributed by atoms with E-state index in [2.05, 4.69) is 43.6 Å². The zero-order chi connectivity index (χ0) is 23.2. The molecule has 0 radical (unpaired) electrons. The van der Waals surface area contributed by atoms with Crippen LogP contribution in [-0.4, -0.2) is 0 Å². The third-order valence-electron chi connectivity index (χ3n) is 6.79. The Morgan fingerprint density at radius 3 is 2.47 bits per heavy atom. The number of hydrogen-bond donors (Lipinski definition) is 3. The van der Waals surface area contributed by atoms with Crippen molar-refractivity contribution in [3.05, 3.63) is 73.2 Å². The Morgan fingerprint density at radius 1 is 1.12 bits per heavy atom. The van der Waals surface area contributed by atoms with Crippen molar-refractivity contribution in [1.29, 1.82) is 0 Å². The summed E-state index contributed by atoms with van der Waals surface area (Å²) in [5, 5.41) is 9.56. The first-order valence-corrected chi connectivity index (χ1v) is 11.2. The van der Waals surface area contributed by atoms with E-state index in [1.54, 1.807) is 6.07 Å². The molecule has 1 aromatic heterocycles. The smallest absolute Gasteiger partial charge is 0.253 e.